The maximum atomic E-state index is 12.3. The lowest BCUT2D eigenvalue weighted by molar-refractivity contribution is -0.243. The Kier molecular flexibility index (Phi) is 5.36. The molecule has 1 unspecified atom stereocenters. The number of nitrogens with two attached hydrogens (primary N) is 1. The van der Waals surface area contributed by atoms with Crippen molar-refractivity contribution < 1.29 is 27.6 Å². The molecule has 1 fully saturated rings. The third kappa shape index (κ3) is 4.57. The number of hydrogen-bond acceptors (Lipinski definition) is 5. The van der Waals surface area contributed by atoms with E-state index in [2.05, 4.69) is 9.94 Å². The number of hydroxylamine groups is 2. The highest BCUT2D eigenvalue weighted by Gasteiger charge is 2.43. The van der Waals surface area contributed by atoms with E-state index in [9.17, 15) is 22.8 Å². The average Bonchev–Trinajstić information content (AvgIpc) is 3.02. The van der Waals surface area contributed by atoms with Crippen LogP contribution in [-0.2, 0) is 16.2 Å². The number of nitrogens with zero attached hydrogens (tertiary/aromatic N) is 3. The van der Waals surface area contributed by atoms with Gasteiger partial charge in [0.2, 0.25) is 0 Å². The van der Waals surface area contributed by atoms with Gasteiger partial charge in [0.1, 0.15) is 5.52 Å². The van der Waals surface area contributed by atoms with Gasteiger partial charge in [-0.05, 0) is 31.2 Å². The molecule has 1 saturated heterocycles. The van der Waals surface area contributed by atoms with Gasteiger partial charge < -0.3 is 10.6 Å². The number of benzene rings is 1. The monoisotopic (exact) mass is 384 g/mol. The summed E-state index contributed by atoms with van der Waals surface area (Å²) in [4.78, 5) is 26.9. The van der Waals surface area contributed by atoms with Gasteiger partial charge in [0.25, 0.3) is 5.91 Å². The molecule has 2 heterocycles. The summed E-state index contributed by atoms with van der Waals surface area (Å²) in [6.07, 6.45) is -1.08. The zero-order chi connectivity index (χ0) is 19.6. The SMILES string of the molecule is NC(=O)c1cccc2cn(CCC3CCCN(OC(=O)C(F)(F)F)C3)nc12. The predicted octanol–water partition coefficient (Wildman–Crippen LogP) is 2.26. The van der Waals surface area contributed by atoms with E-state index in [-0.39, 0.29) is 19.0 Å². The number of alkyl halides is 3. The third-order valence-electron chi connectivity index (χ3n) is 4.54. The zero-order valence-corrected chi connectivity index (χ0v) is 14.4. The Morgan fingerprint density at radius 1 is 1.33 bits per heavy atom. The first-order chi connectivity index (χ1) is 12.7. The Labute approximate surface area is 152 Å². The van der Waals surface area contributed by atoms with Crippen LogP contribution in [0.2, 0.25) is 0 Å². The quantitative estimate of drug-likeness (QED) is 0.854. The molecule has 1 aliphatic heterocycles. The Morgan fingerprint density at radius 2 is 2.11 bits per heavy atom. The van der Waals surface area contributed by atoms with E-state index in [1.54, 1.807) is 23.0 Å². The van der Waals surface area contributed by atoms with Gasteiger partial charge in [0, 0.05) is 31.2 Å². The molecule has 7 nitrogen and oxygen atoms in total. The minimum atomic E-state index is -5.00. The Balaban J connectivity index is 1.60. The summed E-state index contributed by atoms with van der Waals surface area (Å²) in [6, 6.07) is 5.16. The van der Waals surface area contributed by atoms with Gasteiger partial charge in [0.15, 0.2) is 0 Å². The minimum absolute atomic E-state index is 0.0720. The van der Waals surface area contributed by atoms with Crippen LogP contribution in [0.25, 0.3) is 10.9 Å². The lowest BCUT2D eigenvalue weighted by Gasteiger charge is -2.31. The number of hydrogen-bond donors (Lipinski definition) is 1. The second-order valence-corrected chi connectivity index (χ2v) is 6.56. The summed E-state index contributed by atoms with van der Waals surface area (Å²) < 4.78 is 38.6. The van der Waals surface area contributed by atoms with Gasteiger partial charge in [-0.2, -0.15) is 18.3 Å². The first-order valence-electron chi connectivity index (χ1n) is 8.54. The highest BCUT2D eigenvalue weighted by atomic mass is 19.4. The second kappa shape index (κ2) is 7.55. The number of piperidine rings is 1. The van der Waals surface area contributed by atoms with Crippen LogP contribution in [0.15, 0.2) is 24.4 Å². The molecule has 0 spiro atoms. The Hall–Kier alpha value is -2.62. The van der Waals surface area contributed by atoms with Crippen LogP contribution in [0.5, 0.6) is 0 Å². The molecule has 1 atom stereocenters. The summed E-state index contributed by atoms with van der Waals surface area (Å²) in [5.74, 6) is -2.68. The molecule has 1 aliphatic rings. The molecule has 146 valence electrons. The van der Waals surface area contributed by atoms with Gasteiger partial charge in [-0.1, -0.05) is 12.1 Å². The molecule has 0 saturated carbocycles. The molecule has 0 radical (unpaired) electrons. The van der Waals surface area contributed by atoms with Crippen molar-refractivity contribution in [2.45, 2.75) is 32.0 Å². The molecule has 2 N–H and O–H groups in total. The van der Waals surface area contributed by atoms with Crippen molar-refractivity contribution in [3.8, 4) is 0 Å². The van der Waals surface area contributed by atoms with E-state index in [0.29, 0.717) is 30.5 Å². The number of fused-ring (bicyclic) bond motifs is 1. The van der Waals surface area contributed by atoms with Gasteiger partial charge >= 0.3 is 12.1 Å². The van der Waals surface area contributed by atoms with Crippen LogP contribution in [0.4, 0.5) is 13.2 Å². The van der Waals surface area contributed by atoms with E-state index >= 15 is 0 Å². The van der Waals surface area contributed by atoms with Crippen molar-refractivity contribution in [2.24, 2.45) is 11.7 Å². The summed E-state index contributed by atoms with van der Waals surface area (Å²) in [6.45, 7) is 1.06. The largest absolute Gasteiger partial charge is 0.492 e. The fourth-order valence-electron chi connectivity index (χ4n) is 3.24. The molecular formula is C17H19F3N4O3. The van der Waals surface area contributed by atoms with Gasteiger partial charge in [-0.3, -0.25) is 9.48 Å². The third-order valence-corrected chi connectivity index (χ3v) is 4.54. The van der Waals surface area contributed by atoms with Crippen molar-refractivity contribution in [2.75, 3.05) is 13.1 Å². The zero-order valence-electron chi connectivity index (χ0n) is 14.4. The first kappa shape index (κ1) is 19.2. The molecule has 27 heavy (non-hydrogen) atoms. The maximum Gasteiger partial charge on any atom is 0.492 e. The van der Waals surface area contributed by atoms with Crippen molar-refractivity contribution in [1.82, 2.24) is 14.8 Å². The second-order valence-electron chi connectivity index (χ2n) is 6.56. The van der Waals surface area contributed by atoms with Crippen molar-refractivity contribution in [1.29, 1.82) is 0 Å². The van der Waals surface area contributed by atoms with Crippen LogP contribution in [0, 0.1) is 5.92 Å². The molecular weight excluding hydrogens is 365 g/mol. The Bertz CT molecular complexity index is 850. The number of carbonyl (C=O) groups excluding carboxylic acids is 2. The van der Waals surface area contributed by atoms with E-state index in [1.807, 2.05) is 6.07 Å². The predicted molar refractivity (Wildman–Crippen MR) is 89.3 cm³/mol. The summed E-state index contributed by atoms with van der Waals surface area (Å²) in [5.41, 5.74) is 6.21. The van der Waals surface area contributed by atoms with Crippen molar-refractivity contribution >= 4 is 22.8 Å². The standard InChI is InChI=1S/C17H19F3N4O3/c18-17(19,20)16(26)27-24-7-2-3-11(9-24)6-8-23-10-12-4-1-5-13(15(21)25)14(12)22-23/h1,4-5,10-11H,2-3,6-9H2,(H2,21,25). The molecule has 2 aromatic rings. The minimum Gasteiger partial charge on any atom is -0.366 e. The number of amides is 1. The molecule has 0 aliphatic carbocycles. The van der Waals surface area contributed by atoms with Gasteiger partial charge in [-0.15, -0.1) is 5.06 Å². The van der Waals surface area contributed by atoms with Gasteiger partial charge in [-0.25, -0.2) is 4.79 Å². The summed E-state index contributed by atoms with van der Waals surface area (Å²) in [7, 11) is 0. The average molecular weight is 384 g/mol. The van der Waals surface area contributed by atoms with Crippen LogP contribution in [-0.4, -0.2) is 46.0 Å². The van der Waals surface area contributed by atoms with Gasteiger partial charge in [0.05, 0.1) is 5.56 Å². The van der Waals surface area contributed by atoms with Crippen LogP contribution in [0.1, 0.15) is 29.6 Å². The lowest BCUT2D eigenvalue weighted by atomic mass is 9.96. The van der Waals surface area contributed by atoms with E-state index < -0.39 is 18.1 Å². The number of rotatable bonds is 5. The maximum absolute atomic E-state index is 12.3. The molecule has 1 amide bonds. The van der Waals surface area contributed by atoms with Crippen molar-refractivity contribution in [3.63, 3.8) is 0 Å². The topological polar surface area (TPSA) is 90.5 Å². The molecule has 3 rings (SSSR count). The molecule has 10 heteroatoms. The first-order valence-corrected chi connectivity index (χ1v) is 8.54. The number of aromatic nitrogens is 2. The smallest absolute Gasteiger partial charge is 0.366 e. The Morgan fingerprint density at radius 3 is 2.81 bits per heavy atom. The molecule has 0 bridgehead atoms. The number of primary amides is 1. The van der Waals surface area contributed by atoms with Crippen LogP contribution in [0.3, 0.4) is 0 Å². The number of carbonyl (C=O) groups is 2. The van der Waals surface area contributed by atoms with Crippen LogP contribution >= 0.6 is 0 Å². The summed E-state index contributed by atoms with van der Waals surface area (Å²) in [5, 5.41) is 6.25. The molecule has 1 aromatic heterocycles. The highest BCUT2D eigenvalue weighted by Crippen LogP contribution is 2.24. The highest BCUT2D eigenvalue weighted by molar-refractivity contribution is 6.04. The van der Waals surface area contributed by atoms with Crippen molar-refractivity contribution in [3.05, 3.63) is 30.0 Å². The lowest BCUT2D eigenvalue weighted by Crippen LogP contribution is -2.40. The van der Waals surface area contributed by atoms with E-state index in [0.717, 1.165) is 16.9 Å². The normalized spacial score (nSPS) is 18.6. The number of halogens is 3. The fraction of sp³-hybridized carbons (Fsp3) is 0.471. The van der Waals surface area contributed by atoms with E-state index in [1.165, 1.54) is 0 Å². The number of aryl methyl sites for hydroxylation is 1. The van der Waals surface area contributed by atoms with E-state index in [4.69, 9.17) is 5.73 Å². The fourth-order valence-corrected chi connectivity index (χ4v) is 3.24. The molecule has 1 aromatic carbocycles. The van der Waals surface area contributed by atoms with Crippen LogP contribution < -0.4 is 5.73 Å². The summed E-state index contributed by atoms with van der Waals surface area (Å²) >= 11 is 0.